The van der Waals surface area contributed by atoms with Crippen LogP contribution in [0.1, 0.15) is 6.42 Å². The first-order chi connectivity index (χ1) is 3.41. The minimum Gasteiger partial charge on any atom is -0.484 e. The molecule has 0 spiro atoms. The molecule has 0 bridgehead atoms. The maximum atomic E-state index is 6.45. The van der Waals surface area contributed by atoms with Crippen molar-refractivity contribution < 1.29 is 4.74 Å². The van der Waals surface area contributed by atoms with E-state index in [2.05, 4.69) is 4.74 Å². The number of rotatable bonds is 4. The molecular formula is C4H11NOSi. The SMILES string of the molecule is N=COCCC[SiH3]. The van der Waals surface area contributed by atoms with Gasteiger partial charge in [-0.2, -0.15) is 0 Å². The Morgan fingerprint density at radius 1 is 1.71 bits per heavy atom. The molecule has 0 heterocycles. The summed E-state index contributed by atoms with van der Waals surface area (Å²) in [4.78, 5) is 0. The van der Waals surface area contributed by atoms with Crippen molar-refractivity contribution in [3.05, 3.63) is 0 Å². The van der Waals surface area contributed by atoms with Gasteiger partial charge >= 0.3 is 0 Å². The molecule has 0 aromatic carbocycles. The fraction of sp³-hybridized carbons (Fsp3) is 0.750. The van der Waals surface area contributed by atoms with E-state index in [1.807, 2.05) is 0 Å². The van der Waals surface area contributed by atoms with E-state index in [9.17, 15) is 0 Å². The third kappa shape index (κ3) is 5.69. The van der Waals surface area contributed by atoms with Gasteiger partial charge in [0.2, 0.25) is 0 Å². The van der Waals surface area contributed by atoms with Crippen LogP contribution in [-0.4, -0.2) is 23.3 Å². The highest BCUT2D eigenvalue weighted by molar-refractivity contribution is 6.08. The third-order valence-corrected chi connectivity index (χ3v) is 1.41. The van der Waals surface area contributed by atoms with E-state index >= 15 is 0 Å². The molecular weight excluding hydrogens is 106 g/mol. The number of ether oxygens (including phenoxy) is 1. The third-order valence-electron chi connectivity index (χ3n) is 0.699. The Kier molecular flexibility index (Phi) is 5.43. The van der Waals surface area contributed by atoms with Crippen LogP contribution in [0.3, 0.4) is 0 Å². The summed E-state index contributed by atoms with van der Waals surface area (Å²) in [5, 5.41) is 6.45. The van der Waals surface area contributed by atoms with E-state index in [1.54, 1.807) is 0 Å². The molecule has 0 aromatic heterocycles. The molecule has 1 N–H and O–H groups in total. The molecule has 42 valence electrons. The van der Waals surface area contributed by atoms with Crippen molar-refractivity contribution in [1.82, 2.24) is 0 Å². The average Bonchev–Trinajstić information content (AvgIpc) is 1.69. The van der Waals surface area contributed by atoms with Crippen molar-refractivity contribution in [2.45, 2.75) is 12.5 Å². The lowest BCUT2D eigenvalue weighted by molar-refractivity contribution is 0.317. The minimum atomic E-state index is 0.729. The molecule has 0 radical (unpaired) electrons. The number of nitrogens with one attached hydrogen (secondary N) is 1. The molecule has 0 unspecified atom stereocenters. The maximum absolute atomic E-state index is 6.45. The van der Waals surface area contributed by atoms with Gasteiger partial charge in [-0.1, -0.05) is 6.04 Å². The van der Waals surface area contributed by atoms with Gasteiger partial charge in [0.25, 0.3) is 0 Å². The van der Waals surface area contributed by atoms with Crippen LogP contribution in [0.15, 0.2) is 0 Å². The van der Waals surface area contributed by atoms with Crippen molar-refractivity contribution in [3.63, 3.8) is 0 Å². The monoisotopic (exact) mass is 117 g/mol. The molecule has 0 aliphatic rings. The zero-order valence-corrected chi connectivity index (χ0v) is 6.61. The Bertz CT molecular complexity index is 49.0. The lowest BCUT2D eigenvalue weighted by Gasteiger charge is -1.92. The van der Waals surface area contributed by atoms with Crippen molar-refractivity contribution in [3.8, 4) is 0 Å². The second-order valence-corrected chi connectivity index (χ2v) is 2.34. The molecule has 0 atom stereocenters. The summed E-state index contributed by atoms with van der Waals surface area (Å²) < 4.78 is 4.64. The molecule has 0 rings (SSSR count). The van der Waals surface area contributed by atoms with Gasteiger partial charge < -0.3 is 4.74 Å². The molecule has 0 aliphatic heterocycles. The second-order valence-electron chi connectivity index (χ2n) is 1.34. The van der Waals surface area contributed by atoms with Gasteiger partial charge in [-0.25, -0.2) is 0 Å². The summed E-state index contributed by atoms with van der Waals surface area (Å²) in [6.45, 7) is 0.729. The van der Waals surface area contributed by atoms with Crippen LogP contribution in [0, 0.1) is 5.41 Å². The summed E-state index contributed by atoms with van der Waals surface area (Å²) in [5.74, 6) is 0. The maximum Gasteiger partial charge on any atom is 0.166 e. The van der Waals surface area contributed by atoms with Crippen LogP contribution in [0.4, 0.5) is 0 Å². The number of hydrogen-bond acceptors (Lipinski definition) is 2. The van der Waals surface area contributed by atoms with Gasteiger partial charge in [0.15, 0.2) is 6.40 Å². The van der Waals surface area contributed by atoms with E-state index in [-0.39, 0.29) is 0 Å². The molecule has 2 nitrogen and oxygen atoms in total. The molecule has 3 heteroatoms. The lowest BCUT2D eigenvalue weighted by atomic mass is 10.5. The van der Waals surface area contributed by atoms with Gasteiger partial charge in [-0.3, -0.25) is 5.41 Å². The zero-order chi connectivity index (χ0) is 5.54. The fourth-order valence-electron chi connectivity index (χ4n) is 0.287. The Balaban J connectivity index is 2.56. The predicted molar refractivity (Wildman–Crippen MR) is 34.1 cm³/mol. The van der Waals surface area contributed by atoms with E-state index in [1.165, 1.54) is 16.3 Å². The standard InChI is InChI=1S/C4H11NOSi/c5-4-6-2-1-3-7/h4-5H,1-3H2,7H3. The van der Waals surface area contributed by atoms with Gasteiger partial charge in [0, 0.05) is 10.2 Å². The topological polar surface area (TPSA) is 33.1 Å². The highest BCUT2D eigenvalue weighted by Crippen LogP contribution is 1.82. The average molecular weight is 117 g/mol. The molecule has 0 aromatic rings. The van der Waals surface area contributed by atoms with Crippen molar-refractivity contribution >= 4 is 16.6 Å². The van der Waals surface area contributed by atoms with E-state index in [4.69, 9.17) is 5.41 Å². The van der Waals surface area contributed by atoms with Gasteiger partial charge in [-0.05, 0) is 6.42 Å². The molecule has 0 saturated carbocycles. The summed E-state index contributed by atoms with van der Waals surface area (Å²) in [6.07, 6.45) is 2.11. The van der Waals surface area contributed by atoms with Gasteiger partial charge in [0.1, 0.15) is 0 Å². The van der Waals surface area contributed by atoms with Crippen molar-refractivity contribution in [2.24, 2.45) is 0 Å². The van der Waals surface area contributed by atoms with Gasteiger partial charge in [0.05, 0.1) is 6.61 Å². The normalized spacial score (nSPS) is 8.57. The Morgan fingerprint density at radius 3 is 2.86 bits per heavy atom. The molecule has 0 aliphatic carbocycles. The summed E-state index contributed by atoms with van der Waals surface area (Å²) in [6, 6.07) is 1.27. The molecule has 7 heavy (non-hydrogen) atoms. The van der Waals surface area contributed by atoms with Crippen LogP contribution in [0.2, 0.25) is 6.04 Å². The molecule has 0 amide bonds. The quantitative estimate of drug-likeness (QED) is 0.235. The zero-order valence-electron chi connectivity index (χ0n) is 4.61. The largest absolute Gasteiger partial charge is 0.484 e. The number of hydrogen-bond donors (Lipinski definition) is 1. The highest BCUT2D eigenvalue weighted by atomic mass is 28.1. The summed E-state index contributed by atoms with van der Waals surface area (Å²) in [5.41, 5.74) is 0. The fourth-order valence-corrected chi connectivity index (χ4v) is 0.575. The summed E-state index contributed by atoms with van der Waals surface area (Å²) >= 11 is 0. The van der Waals surface area contributed by atoms with Crippen LogP contribution in [0.5, 0.6) is 0 Å². The lowest BCUT2D eigenvalue weighted by Crippen LogP contribution is -1.88. The Hall–Kier alpha value is -0.313. The predicted octanol–water partition coefficient (Wildman–Crippen LogP) is -0.216. The first kappa shape index (κ1) is 6.69. The Morgan fingerprint density at radius 2 is 2.43 bits per heavy atom. The first-order valence-corrected chi connectivity index (χ1v) is 3.93. The smallest absolute Gasteiger partial charge is 0.166 e. The first-order valence-electron chi connectivity index (χ1n) is 2.52. The van der Waals surface area contributed by atoms with Crippen LogP contribution >= 0.6 is 0 Å². The minimum absolute atomic E-state index is 0.729. The Labute approximate surface area is 46.8 Å². The summed E-state index contributed by atoms with van der Waals surface area (Å²) in [7, 11) is 1.25. The van der Waals surface area contributed by atoms with Gasteiger partial charge in [-0.15, -0.1) is 0 Å². The highest BCUT2D eigenvalue weighted by Gasteiger charge is 1.77. The van der Waals surface area contributed by atoms with E-state index < -0.39 is 0 Å². The van der Waals surface area contributed by atoms with Crippen LogP contribution in [0.25, 0.3) is 0 Å². The van der Waals surface area contributed by atoms with Crippen molar-refractivity contribution in [1.29, 1.82) is 5.41 Å². The van der Waals surface area contributed by atoms with Crippen LogP contribution in [-0.2, 0) is 4.74 Å². The van der Waals surface area contributed by atoms with E-state index in [0.29, 0.717) is 0 Å². The van der Waals surface area contributed by atoms with Crippen LogP contribution < -0.4 is 0 Å². The molecule has 0 fully saturated rings. The van der Waals surface area contributed by atoms with Crippen molar-refractivity contribution in [2.75, 3.05) is 6.61 Å². The second kappa shape index (κ2) is 5.69. The molecule has 0 saturated heterocycles. The van der Waals surface area contributed by atoms with E-state index in [0.717, 1.165) is 19.4 Å².